The number of benzene rings is 2. The molecule has 2 aromatic rings. The molecule has 4 amide bonds. The van der Waals surface area contributed by atoms with Gasteiger partial charge in [-0.25, -0.2) is 0 Å². The maximum atomic E-state index is 12.3. The van der Waals surface area contributed by atoms with Crippen molar-refractivity contribution in [2.45, 2.75) is 18.9 Å². The molecule has 4 N–H and O–H groups in total. The summed E-state index contributed by atoms with van der Waals surface area (Å²) in [5, 5.41) is 5.03. The van der Waals surface area contributed by atoms with Gasteiger partial charge in [-0.15, -0.1) is 0 Å². The number of carbonyl (C=O) groups excluding carboxylic acids is 4. The van der Waals surface area contributed by atoms with Crippen LogP contribution in [0.1, 0.15) is 34.8 Å². The highest BCUT2D eigenvalue weighted by Crippen LogP contribution is 2.21. The molecule has 3 rings (SSSR count). The number of hydrogen-bond donors (Lipinski definition) is 3. The smallest absolute Gasteiger partial charge is 0.251 e. The Morgan fingerprint density at radius 1 is 1.03 bits per heavy atom. The molecule has 1 aliphatic rings. The van der Waals surface area contributed by atoms with Crippen molar-refractivity contribution in [3.05, 3.63) is 65.7 Å². The summed E-state index contributed by atoms with van der Waals surface area (Å²) in [6.45, 7) is 0.370. The molecule has 0 aromatic heterocycles. The summed E-state index contributed by atoms with van der Waals surface area (Å²) in [5.41, 5.74) is 7.04. The minimum Gasteiger partial charge on any atom is -0.368 e. The zero-order valence-electron chi connectivity index (χ0n) is 15.8. The number of amides is 4. The number of carbonyl (C=O) groups is 4. The molecule has 0 aliphatic carbocycles. The van der Waals surface area contributed by atoms with Crippen LogP contribution in [0, 0.1) is 0 Å². The van der Waals surface area contributed by atoms with E-state index in [1.165, 1.54) is 0 Å². The Hall–Kier alpha value is -3.68. The molecule has 1 unspecified atom stereocenters. The van der Waals surface area contributed by atoms with E-state index >= 15 is 0 Å². The lowest BCUT2D eigenvalue weighted by molar-refractivity contribution is -0.126. The van der Waals surface area contributed by atoms with Crippen molar-refractivity contribution in [1.82, 2.24) is 10.6 Å². The van der Waals surface area contributed by atoms with Crippen molar-refractivity contribution in [1.29, 1.82) is 0 Å². The number of nitrogens with zero attached hydrogens (tertiary/aromatic N) is 1. The first-order valence-electron chi connectivity index (χ1n) is 9.28. The summed E-state index contributed by atoms with van der Waals surface area (Å²) in [6.07, 6.45) is 1.36. The lowest BCUT2D eigenvalue weighted by Gasteiger charge is -2.17. The van der Waals surface area contributed by atoms with Gasteiger partial charge in [0.2, 0.25) is 17.7 Å². The highest BCUT2D eigenvalue weighted by atomic mass is 16.2. The number of hydrogen-bond acceptors (Lipinski definition) is 4. The molecule has 0 saturated carbocycles. The quantitative estimate of drug-likeness (QED) is 0.645. The molecule has 150 valence electrons. The van der Waals surface area contributed by atoms with Crippen LogP contribution < -0.4 is 21.3 Å². The first-order chi connectivity index (χ1) is 14.0. The standard InChI is InChI=1S/C21H22N4O4/c22-20(28)19(14-5-2-1-3-6-14)24-17(26)13-23-21(29)15-8-10-16(11-9-15)25-12-4-7-18(25)27/h1-3,5-6,8-11,19H,4,7,12-13H2,(H2,22,28)(H,23,29)(H,24,26). The van der Waals surface area contributed by atoms with Gasteiger partial charge in [0.25, 0.3) is 5.91 Å². The van der Waals surface area contributed by atoms with Gasteiger partial charge >= 0.3 is 0 Å². The van der Waals surface area contributed by atoms with E-state index < -0.39 is 23.8 Å². The lowest BCUT2D eigenvalue weighted by Crippen LogP contribution is -2.42. The highest BCUT2D eigenvalue weighted by molar-refractivity contribution is 5.99. The van der Waals surface area contributed by atoms with Crippen molar-refractivity contribution < 1.29 is 19.2 Å². The average Bonchev–Trinajstić information content (AvgIpc) is 3.16. The fourth-order valence-electron chi connectivity index (χ4n) is 3.15. The number of primary amides is 1. The van der Waals surface area contributed by atoms with E-state index in [0.717, 1.165) is 12.1 Å². The highest BCUT2D eigenvalue weighted by Gasteiger charge is 2.22. The summed E-state index contributed by atoms with van der Waals surface area (Å²) in [7, 11) is 0. The second kappa shape index (κ2) is 9.01. The second-order valence-corrected chi connectivity index (χ2v) is 6.69. The Kier molecular flexibility index (Phi) is 6.23. The molecular weight excluding hydrogens is 372 g/mol. The van der Waals surface area contributed by atoms with E-state index in [9.17, 15) is 19.2 Å². The van der Waals surface area contributed by atoms with Crippen LogP contribution in [0.5, 0.6) is 0 Å². The fraction of sp³-hybridized carbons (Fsp3) is 0.238. The van der Waals surface area contributed by atoms with Gasteiger partial charge in [0, 0.05) is 24.2 Å². The third-order valence-corrected chi connectivity index (χ3v) is 4.65. The van der Waals surface area contributed by atoms with E-state index in [0.29, 0.717) is 24.1 Å². The van der Waals surface area contributed by atoms with E-state index in [4.69, 9.17) is 5.73 Å². The summed E-state index contributed by atoms with van der Waals surface area (Å²) in [5.74, 6) is -1.59. The Morgan fingerprint density at radius 2 is 1.72 bits per heavy atom. The van der Waals surface area contributed by atoms with Gasteiger partial charge in [-0.05, 0) is 36.2 Å². The van der Waals surface area contributed by atoms with Gasteiger partial charge in [0.05, 0.1) is 6.54 Å². The Balaban J connectivity index is 1.55. The normalized spacial score (nSPS) is 14.3. The molecule has 1 aliphatic heterocycles. The zero-order valence-corrected chi connectivity index (χ0v) is 15.8. The Labute approximate surface area is 168 Å². The second-order valence-electron chi connectivity index (χ2n) is 6.69. The summed E-state index contributed by atoms with van der Waals surface area (Å²) in [6, 6.07) is 14.3. The molecule has 8 nitrogen and oxygen atoms in total. The van der Waals surface area contributed by atoms with Crippen molar-refractivity contribution in [3.8, 4) is 0 Å². The summed E-state index contributed by atoms with van der Waals surface area (Å²) >= 11 is 0. The van der Waals surface area contributed by atoms with E-state index in [2.05, 4.69) is 10.6 Å². The van der Waals surface area contributed by atoms with Gasteiger partial charge < -0.3 is 21.3 Å². The van der Waals surface area contributed by atoms with Crippen molar-refractivity contribution in [3.63, 3.8) is 0 Å². The van der Waals surface area contributed by atoms with Crippen molar-refractivity contribution in [2.24, 2.45) is 5.73 Å². The van der Waals surface area contributed by atoms with Crippen LogP contribution in [0.2, 0.25) is 0 Å². The molecular formula is C21H22N4O4. The average molecular weight is 394 g/mol. The molecule has 0 radical (unpaired) electrons. The molecule has 1 fully saturated rings. The number of rotatable bonds is 7. The number of nitrogens with one attached hydrogen (secondary N) is 2. The number of anilines is 1. The third-order valence-electron chi connectivity index (χ3n) is 4.65. The first-order valence-corrected chi connectivity index (χ1v) is 9.28. The van der Waals surface area contributed by atoms with Crippen LogP contribution in [0.4, 0.5) is 5.69 Å². The van der Waals surface area contributed by atoms with Crippen LogP contribution >= 0.6 is 0 Å². The molecule has 8 heteroatoms. The molecule has 2 aromatic carbocycles. The predicted octanol–water partition coefficient (Wildman–Crippen LogP) is 0.886. The predicted molar refractivity (Wildman–Crippen MR) is 107 cm³/mol. The first kappa shape index (κ1) is 20.1. The van der Waals surface area contributed by atoms with E-state index in [1.54, 1.807) is 59.5 Å². The maximum Gasteiger partial charge on any atom is 0.251 e. The van der Waals surface area contributed by atoms with Crippen molar-refractivity contribution >= 4 is 29.3 Å². The monoisotopic (exact) mass is 394 g/mol. The van der Waals surface area contributed by atoms with Crippen LogP contribution in [-0.4, -0.2) is 36.7 Å². The molecule has 1 atom stereocenters. The van der Waals surface area contributed by atoms with Gasteiger partial charge in [-0.2, -0.15) is 0 Å². The SMILES string of the molecule is NC(=O)C(NC(=O)CNC(=O)c1ccc(N2CCCC2=O)cc1)c1ccccc1. The summed E-state index contributed by atoms with van der Waals surface area (Å²) < 4.78 is 0. The maximum absolute atomic E-state index is 12.3. The van der Waals surface area contributed by atoms with E-state index in [1.807, 2.05) is 0 Å². The minimum atomic E-state index is -0.974. The van der Waals surface area contributed by atoms with Gasteiger partial charge in [0.15, 0.2) is 0 Å². The Bertz CT molecular complexity index is 912. The Morgan fingerprint density at radius 3 is 2.31 bits per heavy atom. The molecule has 0 spiro atoms. The lowest BCUT2D eigenvalue weighted by atomic mass is 10.1. The largest absolute Gasteiger partial charge is 0.368 e. The van der Waals surface area contributed by atoms with Crippen molar-refractivity contribution in [2.75, 3.05) is 18.0 Å². The van der Waals surface area contributed by atoms with Crippen LogP contribution in [0.15, 0.2) is 54.6 Å². The molecule has 29 heavy (non-hydrogen) atoms. The molecule has 1 saturated heterocycles. The molecule has 0 bridgehead atoms. The van der Waals surface area contributed by atoms with Crippen LogP contribution in [-0.2, 0) is 14.4 Å². The van der Waals surface area contributed by atoms with E-state index in [-0.39, 0.29) is 12.5 Å². The number of nitrogens with two attached hydrogens (primary N) is 1. The van der Waals surface area contributed by atoms with Crippen LogP contribution in [0.25, 0.3) is 0 Å². The van der Waals surface area contributed by atoms with Crippen LogP contribution in [0.3, 0.4) is 0 Å². The van der Waals surface area contributed by atoms with Gasteiger partial charge in [0.1, 0.15) is 6.04 Å². The summed E-state index contributed by atoms with van der Waals surface area (Å²) in [4.78, 5) is 49.5. The topological polar surface area (TPSA) is 122 Å². The minimum absolute atomic E-state index is 0.0706. The fourth-order valence-corrected chi connectivity index (χ4v) is 3.15. The molecule has 1 heterocycles. The van der Waals surface area contributed by atoms with Gasteiger partial charge in [-0.3, -0.25) is 19.2 Å². The zero-order chi connectivity index (χ0) is 20.8. The third kappa shape index (κ3) is 4.98. The van der Waals surface area contributed by atoms with Gasteiger partial charge in [-0.1, -0.05) is 30.3 Å².